The van der Waals surface area contributed by atoms with Gasteiger partial charge in [0.25, 0.3) is 0 Å². The van der Waals surface area contributed by atoms with Gasteiger partial charge in [-0.2, -0.15) is 0 Å². The first-order chi connectivity index (χ1) is 9.40. The predicted molar refractivity (Wildman–Crippen MR) is 87.2 cm³/mol. The third kappa shape index (κ3) is 3.24. The van der Waals surface area contributed by atoms with Gasteiger partial charge in [-0.05, 0) is 44.9 Å². The third-order valence-corrected chi connectivity index (χ3v) is 4.90. The molecule has 112 valence electrons. The summed E-state index contributed by atoms with van der Waals surface area (Å²) in [6.45, 7) is 13.9. The highest BCUT2D eigenvalue weighted by Gasteiger charge is 2.30. The van der Waals surface area contributed by atoms with Crippen LogP contribution in [0.25, 0.3) is 0 Å². The molecule has 1 fully saturated rings. The second-order valence-corrected chi connectivity index (χ2v) is 6.84. The fourth-order valence-electron chi connectivity index (χ4n) is 3.24. The van der Waals surface area contributed by atoms with E-state index >= 15 is 0 Å². The van der Waals surface area contributed by atoms with E-state index in [4.69, 9.17) is 0 Å². The molecular weight excluding hydrogens is 244 g/mol. The van der Waals surface area contributed by atoms with Crippen molar-refractivity contribution in [1.82, 2.24) is 9.80 Å². The fourth-order valence-corrected chi connectivity index (χ4v) is 3.24. The van der Waals surface area contributed by atoms with E-state index in [2.05, 4.69) is 75.7 Å². The first-order valence-electron chi connectivity index (χ1n) is 7.96. The highest BCUT2D eigenvalue weighted by molar-refractivity contribution is 5.28. The van der Waals surface area contributed by atoms with E-state index in [1.165, 1.54) is 11.1 Å². The first kappa shape index (κ1) is 15.5. The minimum absolute atomic E-state index is 0.500. The highest BCUT2D eigenvalue weighted by atomic mass is 15.3. The zero-order valence-corrected chi connectivity index (χ0v) is 13.9. The van der Waals surface area contributed by atoms with Crippen molar-refractivity contribution in [3.63, 3.8) is 0 Å². The molecule has 1 aromatic rings. The summed E-state index contributed by atoms with van der Waals surface area (Å²) in [4.78, 5) is 5.13. The SMILES string of the molecule is CC(C)c1cccc([C@@H](C)N2C[C@@H](C)N(C)C[C@H]2C)c1. The summed E-state index contributed by atoms with van der Waals surface area (Å²) >= 11 is 0. The Bertz CT molecular complexity index is 441. The Hall–Kier alpha value is -0.860. The van der Waals surface area contributed by atoms with Gasteiger partial charge in [0.1, 0.15) is 0 Å². The van der Waals surface area contributed by atoms with Crippen LogP contribution in [0.3, 0.4) is 0 Å². The average Bonchev–Trinajstić information content (AvgIpc) is 2.42. The molecule has 0 spiro atoms. The van der Waals surface area contributed by atoms with Gasteiger partial charge in [0.15, 0.2) is 0 Å². The van der Waals surface area contributed by atoms with Crippen molar-refractivity contribution >= 4 is 0 Å². The normalized spacial score (nSPS) is 26.9. The zero-order valence-electron chi connectivity index (χ0n) is 13.9. The average molecular weight is 274 g/mol. The van der Waals surface area contributed by atoms with Gasteiger partial charge in [0.2, 0.25) is 0 Å². The van der Waals surface area contributed by atoms with Crippen molar-refractivity contribution in [1.29, 1.82) is 0 Å². The topological polar surface area (TPSA) is 6.48 Å². The monoisotopic (exact) mass is 274 g/mol. The quantitative estimate of drug-likeness (QED) is 0.825. The fraction of sp³-hybridized carbons (Fsp3) is 0.667. The van der Waals surface area contributed by atoms with Crippen molar-refractivity contribution in [2.45, 2.75) is 58.7 Å². The van der Waals surface area contributed by atoms with Crippen LogP contribution < -0.4 is 0 Å². The van der Waals surface area contributed by atoms with Crippen LogP contribution in [-0.4, -0.2) is 42.0 Å². The molecule has 20 heavy (non-hydrogen) atoms. The van der Waals surface area contributed by atoms with E-state index in [0.717, 1.165) is 13.1 Å². The summed E-state index contributed by atoms with van der Waals surface area (Å²) in [6, 6.07) is 10.9. The number of nitrogens with zero attached hydrogens (tertiary/aromatic N) is 2. The summed E-state index contributed by atoms with van der Waals surface area (Å²) in [7, 11) is 2.24. The lowest BCUT2D eigenvalue weighted by molar-refractivity contribution is 0.0329. The molecule has 2 heteroatoms. The van der Waals surface area contributed by atoms with Gasteiger partial charge >= 0.3 is 0 Å². The second-order valence-electron chi connectivity index (χ2n) is 6.84. The molecule has 2 nitrogen and oxygen atoms in total. The Balaban J connectivity index is 2.18. The molecule has 1 saturated heterocycles. The van der Waals surface area contributed by atoms with Gasteiger partial charge in [0.05, 0.1) is 0 Å². The lowest BCUT2D eigenvalue weighted by atomic mass is 9.96. The molecule has 1 heterocycles. The molecule has 0 saturated carbocycles. The smallest absolute Gasteiger partial charge is 0.0324 e. The van der Waals surface area contributed by atoms with Crippen LogP contribution in [0.4, 0.5) is 0 Å². The summed E-state index contributed by atoms with van der Waals surface area (Å²) in [5.41, 5.74) is 2.91. The summed E-state index contributed by atoms with van der Waals surface area (Å²) < 4.78 is 0. The zero-order chi connectivity index (χ0) is 14.9. The number of likely N-dealkylation sites (N-methyl/N-ethyl adjacent to an activating group) is 1. The molecule has 1 aromatic carbocycles. The van der Waals surface area contributed by atoms with Crippen LogP contribution in [0, 0.1) is 0 Å². The summed E-state index contributed by atoms with van der Waals surface area (Å²) in [6.07, 6.45) is 0. The van der Waals surface area contributed by atoms with Crippen molar-refractivity contribution in [2.75, 3.05) is 20.1 Å². The Morgan fingerprint density at radius 3 is 2.30 bits per heavy atom. The first-order valence-corrected chi connectivity index (χ1v) is 7.96. The number of hydrogen-bond acceptors (Lipinski definition) is 2. The maximum Gasteiger partial charge on any atom is 0.0324 e. The van der Waals surface area contributed by atoms with Crippen molar-refractivity contribution in [2.24, 2.45) is 0 Å². The van der Waals surface area contributed by atoms with E-state index in [9.17, 15) is 0 Å². The lowest BCUT2D eigenvalue weighted by Gasteiger charge is -2.45. The molecule has 0 aromatic heterocycles. The van der Waals surface area contributed by atoms with Crippen LogP contribution in [0.5, 0.6) is 0 Å². The van der Waals surface area contributed by atoms with E-state index in [0.29, 0.717) is 24.0 Å². The van der Waals surface area contributed by atoms with Gasteiger partial charge in [-0.1, -0.05) is 38.1 Å². The third-order valence-electron chi connectivity index (χ3n) is 4.90. The van der Waals surface area contributed by atoms with Crippen LogP contribution in [-0.2, 0) is 0 Å². The molecule has 1 aliphatic rings. The Labute approximate surface area is 124 Å². The molecule has 3 atom stereocenters. The van der Waals surface area contributed by atoms with Crippen molar-refractivity contribution in [3.8, 4) is 0 Å². The van der Waals surface area contributed by atoms with Gasteiger partial charge in [-0.3, -0.25) is 4.90 Å². The van der Waals surface area contributed by atoms with E-state index < -0.39 is 0 Å². The second kappa shape index (κ2) is 6.28. The Morgan fingerprint density at radius 2 is 1.65 bits per heavy atom. The molecule has 2 rings (SSSR count). The maximum atomic E-state index is 2.66. The molecule has 0 amide bonds. The van der Waals surface area contributed by atoms with Crippen LogP contribution in [0.1, 0.15) is 57.7 Å². The lowest BCUT2D eigenvalue weighted by Crippen LogP contribution is -2.55. The van der Waals surface area contributed by atoms with Gasteiger partial charge in [-0.25, -0.2) is 0 Å². The van der Waals surface area contributed by atoms with E-state index in [1.54, 1.807) is 0 Å². The number of piperazine rings is 1. The van der Waals surface area contributed by atoms with Crippen molar-refractivity contribution < 1.29 is 0 Å². The number of benzene rings is 1. The molecule has 0 unspecified atom stereocenters. The van der Waals surface area contributed by atoms with Crippen LogP contribution >= 0.6 is 0 Å². The minimum atomic E-state index is 0.500. The molecule has 1 aliphatic heterocycles. The minimum Gasteiger partial charge on any atom is -0.301 e. The predicted octanol–water partition coefficient (Wildman–Crippen LogP) is 3.90. The van der Waals surface area contributed by atoms with E-state index in [1.807, 2.05) is 0 Å². The molecule has 0 radical (unpaired) electrons. The number of hydrogen-bond donors (Lipinski definition) is 0. The number of rotatable bonds is 3. The standard InChI is InChI=1S/C18H30N2/c1-13(2)17-8-7-9-18(10-17)16(5)20-12-14(3)19(6)11-15(20)4/h7-10,13-16H,11-12H2,1-6H3/t14-,15-,16-/m1/s1. The molecule has 0 bridgehead atoms. The Morgan fingerprint density at radius 1 is 1.00 bits per heavy atom. The van der Waals surface area contributed by atoms with Crippen LogP contribution in [0.2, 0.25) is 0 Å². The summed E-state index contributed by atoms with van der Waals surface area (Å²) in [5.74, 6) is 0.603. The van der Waals surface area contributed by atoms with Crippen molar-refractivity contribution in [3.05, 3.63) is 35.4 Å². The molecular formula is C18H30N2. The largest absolute Gasteiger partial charge is 0.301 e. The van der Waals surface area contributed by atoms with Gasteiger partial charge < -0.3 is 4.90 Å². The maximum absolute atomic E-state index is 2.66. The highest BCUT2D eigenvalue weighted by Crippen LogP contribution is 2.28. The van der Waals surface area contributed by atoms with E-state index in [-0.39, 0.29) is 0 Å². The Kier molecular flexibility index (Phi) is 4.87. The molecule has 0 aliphatic carbocycles. The summed E-state index contributed by atoms with van der Waals surface area (Å²) in [5, 5.41) is 0. The van der Waals surface area contributed by atoms with Crippen LogP contribution in [0.15, 0.2) is 24.3 Å². The van der Waals surface area contributed by atoms with Gasteiger partial charge in [-0.15, -0.1) is 0 Å². The van der Waals surface area contributed by atoms with Gasteiger partial charge in [0, 0.05) is 31.2 Å². The molecule has 0 N–H and O–H groups in total.